The highest BCUT2D eigenvalue weighted by Crippen LogP contribution is 2.15. The molecule has 25 heavy (non-hydrogen) atoms. The highest BCUT2D eigenvalue weighted by atomic mass is 16.5. The lowest BCUT2D eigenvalue weighted by Crippen LogP contribution is -2.18. The molecule has 2 N–H and O–H groups in total. The number of carbonyl (C=O) groups excluding carboxylic acids is 2. The lowest BCUT2D eigenvalue weighted by molar-refractivity contribution is -0.114. The van der Waals surface area contributed by atoms with Crippen LogP contribution in [0.1, 0.15) is 22.8 Å². The fourth-order valence-corrected chi connectivity index (χ4v) is 2.00. The van der Waals surface area contributed by atoms with Crippen LogP contribution in [0, 0.1) is 12.3 Å². The van der Waals surface area contributed by atoms with Crippen molar-refractivity contribution in [2.45, 2.75) is 6.92 Å². The lowest BCUT2D eigenvalue weighted by atomic mass is 10.2. The van der Waals surface area contributed by atoms with Gasteiger partial charge in [0.2, 0.25) is 5.91 Å². The molecule has 0 fully saturated rings. The molecule has 0 unspecified atom stereocenters. The van der Waals surface area contributed by atoms with E-state index in [1.165, 1.54) is 13.1 Å². The molecule has 2 aromatic rings. The van der Waals surface area contributed by atoms with Gasteiger partial charge in [0.05, 0.1) is 6.21 Å². The van der Waals surface area contributed by atoms with Crippen molar-refractivity contribution in [2.24, 2.45) is 5.10 Å². The van der Waals surface area contributed by atoms with Gasteiger partial charge in [-0.25, -0.2) is 5.43 Å². The molecule has 0 radical (unpaired) electrons. The molecule has 2 aromatic carbocycles. The Morgan fingerprint density at radius 1 is 1.24 bits per heavy atom. The van der Waals surface area contributed by atoms with Gasteiger partial charge in [-0.1, -0.05) is 24.1 Å². The second-order valence-corrected chi connectivity index (χ2v) is 4.99. The second-order valence-electron chi connectivity index (χ2n) is 4.99. The monoisotopic (exact) mass is 335 g/mol. The van der Waals surface area contributed by atoms with Crippen LogP contribution >= 0.6 is 0 Å². The van der Waals surface area contributed by atoms with Crippen LogP contribution in [0.4, 0.5) is 5.69 Å². The van der Waals surface area contributed by atoms with Gasteiger partial charge in [0.15, 0.2) is 0 Å². The van der Waals surface area contributed by atoms with E-state index in [2.05, 4.69) is 21.8 Å². The summed E-state index contributed by atoms with van der Waals surface area (Å²) < 4.78 is 5.40. The van der Waals surface area contributed by atoms with Crippen LogP contribution in [0.25, 0.3) is 0 Å². The summed E-state index contributed by atoms with van der Waals surface area (Å²) >= 11 is 0. The molecule has 0 aliphatic carbocycles. The van der Waals surface area contributed by atoms with Crippen molar-refractivity contribution in [1.29, 1.82) is 0 Å². The number of hydrogen-bond acceptors (Lipinski definition) is 4. The van der Waals surface area contributed by atoms with E-state index in [-0.39, 0.29) is 12.5 Å². The van der Waals surface area contributed by atoms with Crippen LogP contribution < -0.4 is 15.5 Å². The predicted molar refractivity (Wildman–Crippen MR) is 96.6 cm³/mol. The predicted octanol–water partition coefficient (Wildman–Crippen LogP) is 2.42. The smallest absolute Gasteiger partial charge is 0.271 e. The molecule has 0 bridgehead atoms. The highest BCUT2D eigenvalue weighted by molar-refractivity contribution is 5.97. The van der Waals surface area contributed by atoms with Gasteiger partial charge in [-0.15, -0.1) is 6.42 Å². The van der Waals surface area contributed by atoms with Crippen LogP contribution in [0.3, 0.4) is 0 Å². The van der Waals surface area contributed by atoms with Crippen molar-refractivity contribution in [3.8, 4) is 18.1 Å². The third-order valence-electron chi connectivity index (χ3n) is 3.04. The summed E-state index contributed by atoms with van der Waals surface area (Å²) in [6.07, 6.45) is 6.65. The van der Waals surface area contributed by atoms with Gasteiger partial charge in [-0.2, -0.15) is 5.10 Å². The molecule has 0 atom stereocenters. The first-order valence-corrected chi connectivity index (χ1v) is 7.46. The summed E-state index contributed by atoms with van der Waals surface area (Å²) in [5.41, 5.74) is 4.03. The van der Waals surface area contributed by atoms with E-state index in [1.807, 2.05) is 12.1 Å². The summed E-state index contributed by atoms with van der Waals surface area (Å²) in [6.45, 7) is 1.55. The quantitative estimate of drug-likeness (QED) is 0.483. The number of ether oxygens (including phenoxy) is 1. The Balaban J connectivity index is 2.04. The average molecular weight is 335 g/mol. The molecule has 0 spiro atoms. The van der Waals surface area contributed by atoms with E-state index in [9.17, 15) is 9.59 Å². The van der Waals surface area contributed by atoms with Crippen LogP contribution in [0.5, 0.6) is 5.75 Å². The van der Waals surface area contributed by atoms with Crippen molar-refractivity contribution >= 4 is 23.7 Å². The zero-order valence-electron chi connectivity index (χ0n) is 13.7. The largest absolute Gasteiger partial charge is 0.480 e. The van der Waals surface area contributed by atoms with Crippen molar-refractivity contribution in [1.82, 2.24) is 5.43 Å². The van der Waals surface area contributed by atoms with Gasteiger partial charge in [0.25, 0.3) is 5.91 Å². The van der Waals surface area contributed by atoms with Crippen LogP contribution in [0.15, 0.2) is 53.6 Å². The van der Waals surface area contributed by atoms with Gasteiger partial charge in [0, 0.05) is 23.7 Å². The standard InChI is InChI=1S/C19H17N3O3/c1-3-11-25-18-10-5-4-7-16(18)13-20-22-19(24)15-8-6-9-17(12-15)21-14(2)23/h1,4-10,12-13H,11H2,2H3,(H,21,23)(H,22,24). The summed E-state index contributed by atoms with van der Waals surface area (Å²) in [6, 6.07) is 13.7. The zero-order valence-corrected chi connectivity index (χ0v) is 13.7. The molecule has 0 saturated heterocycles. The maximum atomic E-state index is 12.1. The van der Waals surface area contributed by atoms with E-state index >= 15 is 0 Å². The highest BCUT2D eigenvalue weighted by Gasteiger charge is 2.06. The molecular formula is C19H17N3O3. The number of nitrogens with zero attached hydrogens (tertiary/aromatic N) is 1. The van der Waals surface area contributed by atoms with E-state index < -0.39 is 5.91 Å². The Morgan fingerprint density at radius 2 is 2.04 bits per heavy atom. The van der Waals surface area contributed by atoms with Crippen LogP contribution in [-0.2, 0) is 4.79 Å². The first-order valence-electron chi connectivity index (χ1n) is 7.46. The fourth-order valence-electron chi connectivity index (χ4n) is 2.00. The minimum Gasteiger partial charge on any atom is -0.480 e. The Hall–Kier alpha value is -3.59. The second kappa shape index (κ2) is 8.89. The van der Waals surface area contributed by atoms with Crippen molar-refractivity contribution in [2.75, 3.05) is 11.9 Å². The van der Waals surface area contributed by atoms with E-state index in [4.69, 9.17) is 11.2 Å². The Bertz CT molecular complexity index is 838. The first kappa shape index (κ1) is 17.8. The maximum Gasteiger partial charge on any atom is 0.271 e. The molecule has 0 heterocycles. The summed E-state index contributed by atoms with van der Waals surface area (Å²) in [4.78, 5) is 23.2. The molecule has 0 saturated carbocycles. The molecule has 0 aromatic heterocycles. The number of hydrogen-bond donors (Lipinski definition) is 2. The topological polar surface area (TPSA) is 79.8 Å². The normalized spacial score (nSPS) is 10.1. The third kappa shape index (κ3) is 5.52. The van der Waals surface area contributed by atoms with Gasteiger partial charge in [-0.3, -0.25) is 9.59 Å². The zero-order chi connectivity index (χ0) is 18.1. The number of nitrogens with one attached hydrogen (secondary N) is 2. The van der Waals surface area contributed by atoms with Crippen molar-refractivity contribution in [3.63, 3.8) is 0 Å². The molecule has 126 valence electrons. The van der Waals surface area contributed by atoms with E-state index in [0.29, 0.717) is 22.6 Å². The number of para-hydroxylation sites is 1. The summed E-state index contributed by atoms with van der Waals surface area (Å²) in [5, 5.41) is 6.55. The number of anilines is 1. The van der Waals surface area contributed by atoms with Gasteiger partial charge in [0.1, 0.15) is 12.4 Å². The first-order chi connectivity index (χ1) is 12.1. The fraction of sp³-hybridized carbons (Fsp3) is 0.105. The van der Waals surface area contributed by atoms with Crippen molar-refractivity contribution < 1.29 is 14.3 Å². The van der Waals surface area contributed by atoms with Gasteiger partial charge >= 0.3 is 0 Å². The molecular weight excluding hydrogens is 318 g/mol. The number of benzene rings is 2. The maximum absolute atomic E-state index is 12.1. The minimum absolute atomic E-state index is 0.146. The SMILES string of the molecule is C#CCOc1ccccc1C=NNC(=O)c1cccc(NC(C)=O)c1. The molecule has 2 rings (SSSR count). The number of hydrazone groups is 1. The number of carbonyl (C=O) groups is 2. The molecule has 6 heteroatoms. The van der Waals surface area contributed by atoms with Gasteiger partial charge in [-0.05, 0) is 30.3 Å². The molecule has 0 aliphatic heterocycles. The Kier molecular flexibility index (Phi) is 6.32. The van der Waals surface area contributed by atoms with Crippen molar-refractivity contribution in [3.05, 3.63) is 59.7 Å². The lowest BCUT2D eigenvalue weighted by Gasteiger charge is -2.06. The third-order valence-corrected chi connectivity index (χ3v) is 3.04. The molecule has 6 nitrogen and oxygen atoms in total. The number of terminal acetylenes is 1. The minimum atomic E-state index is -0.398. The average Bonchev–Trinajstić information content (AvgIpc) is 2.60. The Labute approximate surface area is 145 Å². The van der Waals surface area contributed by atoms with Gasteiger partial charge < -0.3 is 10.1 Å². The number of amides is 2. The van der Waals surface area contributed by atoms with Crippen LogP contribution in [0.2, 0.25) is 0 Å². The number of rotatable bonds is 6. The molecule has 2 amide bonds. The Morgan fingerprint density at radius 3 is 2.80 bits per heavy atom. The van der Waals surface area contributed by atoms with Crippen LogP contribution in [-0.4, -0.2) is 24.6 Å². The molecule has 0 aliphatic rings. The van der Waals surface area contributed by atoms with E-state index in [1.54, 1.807) is 36.4 Å². The summed E-state index contributed by atoms with van der Waals surface area (Å²) in [5.74, 6) is 2.36. The van der Waals surface area contributed by atoms with E-state index in [0.717, 1.165) is 0 Å². The summed E-state index contributed by atoms with van der Waals surface area (Å²) in [7, 11) is 0.